The number of hydrogen-bond acceptors (Lipinski definition) is 6. The molecule has 9 heteroatoms. The Balaban J connectivity index is 1.52. The average molecular weight is 399 g/mol. The van der Waals surface area contributed by atoms with Crippen LogP contribution in [0.4, 0.5) is 17.3 Å². The number of non-ortho nitro benzene ring substituents is 1. The van der Waals surface area contributed by atoms with Gasteiger partial charge in [0.25, 0.3) is 11.6 Å². The van der Waals surface area contributed by atoms with Gasteiger partial charge in [0.05, 0.1) is 28.2 Å². The first-order valence-electron chi connectivity index (χ1n) is 9.13. The van der Waals surface area contributed by atoms with Crippen LogP contribution in [0.15, 0.2) is 94.2 Å². The van der Waals surface area contributed by atoms with Gasteiger partial charge < -0.3 is 4.57 Å². The number of nitrogens with one attached hydrogen (secondary N) is 1. The van der Waals surface area contributed by atoms with E-state index in [9.17, 15) is 10.1 Å². The summed E-state index contributed by atoms with van der Waals surface area (Å²) in [7, 11) is 0. The summed E-state index contributed by atoms with van der Waals surface area (Å²) in [6, 6.07) is 23.9. The van der Waals surface area contributed by atoms with Crippen molar-refractivity contribution in [3.05, 3.63) is 94.5 Å². The standard InChI is InChI=1S/C21H17N7O2/c29-28(30)18-10-6-9-17(13-18)25-22-15-23-26-21-24-19-11-4-5-12-20(19)27(21)14-16-7-2-1-3-8-16/h1-13,15,25H,14H2/b22-15+,26-23?. The van der Waals surface area contributed by atoms with Crippen LogP contribution in [0.3, 0.4) is 0 Å². The number of nitro groups is 1. The molecular formula is C21H17N7O2. The fraction of sp³-hybridized carbons (Fsp3) is 0.0476. The molecule has 1 heterocycles. The third-order valence-electron chi connectivity index (χ3n) is 4.33. The number of anilines is 1. The molecular weight excluding hydrogens is 382 g/mol. The minimum Gasteiger partial charge on any atom is -0.303 e. The van der Waals surface area contributed by atoms with Gasteiger partial charge in [-0.15, -0.1) is 10.2 Å². The second-order valence-electron chi connectivity index (χ2n) is 6.35. The summed E-state index contributed by atoms with van der Waals surface area (Å²) in [4.78, 5) is 14.9. The molecule has 0 radical (unpaired) electrons. The van der Waals surface area contributed by atoms with Gasteiger partial charge in [-0.2, -0.15) is 5.10 Å². The van der Waals surface area contributed by atoms with Gasteiger partial charge in [-0.25, -0.2) is 4.98 Å². The molecule has 4 rings (SSSR count). The normalized spacial score (nSPS) is 11.5. The SMILES string of the molecule is O=[N+]([O-])c1cccc(N/N=C/N=Nc2nc3ccccc3n2Cc2ccccc2)c1. The van der Waals surface area contributed by atoms with Crippen LogP contribution in [0.25, 0.3) is 11.0 Å². The molecule has 0 spiro atoms. The van der Waals surface area contributed by atoms with Crippen molar-refractivity contribution in [2.24, 2.45) is 15.3 Å². The zero-order chi connectivity index (χ0) is 20.8. The first-order chi connectivity index (χ1) is 14.7. The zero-order valence-corrected chi connectivity index (χ0v) is 15.8. The summed E-state index contributed by atoms with van der Waals surface area (Å²) in [6.45, 7) is 0.610. The molecule has 4 aromatic rings. The molecule has 1 aromatic heterocycles. The molecule has 0 fully saturated rings. The van der Waals surface area contributed by atoms with E-state index < -0.39 is 4.92 Å². The molecule has 0 bridgehead atoms. The molecule has 1 N–H and O–H groups in total. The van der Waals surface area contributed by atoms with Crippen LogP contribution in [-0.2, 0) is 6.54 Å². The first-order valence-corrected chi connectivity index (χ1v) is 9.13. The molecule has 0 saturated heterocycles. The van der Waals surface area contributed by atoms with Crippen molar-refractivity contribution in [3.8, 4) is 0 Å². The maximum atomic E-state index is 10.8. The molecule has 0 aliphatic heterocycles. The Morgan fingerprint density at radius 1 is 1.03 bits per heavy atom. The van der Waals surface area contributed by atoms with E-state index in [1.54, 1.807) is 12.1 Å². The maximum absolute atomic E-state index is 10.8. The lowest BCUT2D eigenvalue weighted by molar-refractivity contribution is -0.384. The van der Waals surface area contributed by atoms with E-state index in [1.165, 1.54) is 18.5 Å². The summed E-state index contributed by atoms with van der Waals surface area (Å²) in [6.07, 6.45) is 1.23. The van der Waals surface area contributed by atoms with Gasteiger partial charge in [0.2, 0.25) is 0 Å². The quantitative estimate of drug-likeness (QED) is 0.153. The number of rotatable bonds is 7. The van der Waals surface area contributed by atoms with Crippen LogP contribution in [0.1, 0.15) is 5.56 Å². The highest BCUT2D eigenvalue weighted by Gasteiger charge is 2.10. The van der Waals surface area contributed by atoms with E-state index in [0.29, 0.717) is 18.2 Å². The number of hydrogen-bond donors (Lipinski definition) is 1. The Morgan fingerprint density at radius 2 is 1.83 bits per heavy atom. The van der Waals surface area contributed by atoms with Gasteiger partial charge in [-0.05, 0) is 23.8 Å². The molecule has 0 aliphatic carbocycles. The summed E-state index contributed by atoms with van der Waals surface area (Å²) < 4.78 is 1.98. The minimum atomic E-state index is -0.466. The van der Waals surface area contributed by atoms with Crippen LogP contribution in [0, 0.1) is 10.1 Å². The Hall–Kier alpha value is -4.40. The number of aromatic nitrogens is 2. The highest BCUT2D eigenvalue weighted by Crippen LogP contribution is 2.23. The smallest absolute Gasteiger partial charge is 0.271 e. The van der Waals surface area contributed by atoms with E-state index in [2.05, 4.69) is 25.7 Å². The molecule has 0 unspecified atom stereocenters. The fourth-order valence-corrected chi connectivity index (χ4v) is 2.96. The first kappa shape index (κ1) is 18.9. The van der Waals surface area contributed by atoms with Crippen molar-refractivity contribution in [3.63, 3.8) is 0 Å². The second-order valence-corrected chi connectivity index (χ2v) is 6.35. The maximum Gasteiger partial charge on any atom is 0.271 e. The molecule has 0 amide bonds. The number of nitrogens with zero attached hydrogens (tertiary/aromatic N) is 6. The van der Waals surface area contributed by atoms with Crippen LogP contribution < -0.4 is 5.43 Å². The Morgan fingerprint density at radius 3 is 2.67 bits per heavy atom. The van der Waals surface area contributed by atoms with Crippen molar-refractivity contribution >= 4 is 34.7 Å². The van der Waals surface area contributed by atoms with E-state index in [-0.39, 0.29) is 5.69 Å². The molecule has 148 valence electrons. The van der Waals surface area contributed by atoms with E-state index in [0.717, 1.165) is 16.6 Å². The largest absolute Gasteiger partial charge is 0.303 e. The van der Waals surface area contributed by atoms with Gasteiger partial charge >= 0.3 is 0 Å². The zero-order valence-electron chi connectivity index (χ0n) is 15.8. The van der Waals surface area contributed by atoms with E-state index in [4.69, 9.17) is 0 Å². The molecule has 0 saturated carbocycles. The van der Waals surface area contributed by atoms with E-state index >= 15 is 0 Å². The molecule has 0 aliphatic rings. The number of nitro benzene ring substituents is 1. The lowest BCUT2D eigenvalue weighted by Crippen LogP contribution is -1.98. The summed E-state index contributed by atoms with van der Waals surface area (Å²) in [5.41, 5.74) is 6.06. The minimum absolute atomic E-state index is 0.0218. The van der Waals surface area contributed by atoms with Gasteiger partial charge in [0, 0.05) is 12.1 Å². The predicted molar refractivity (Wildman–Crippen MR) is 115 cm³/mol. The summed E-state index contributed by atoms with van der Waals surface area (Å²) in [5, 5.41) is 22.9. The third-order valence-corrected chi connectivity index (χ3v) is 4.33. The number of para-hydroxylation sites is 2. The van der Waals surface area contributed by atoms with Crippen LogP contribution >= 0.6 is 0 Å². The number of hydrazone groups is 1. The van der Waals surface area contributed by atoms with Crippen LogP contribution in [0.2, 0.25) is 0 Å². The Bertz CT molecular complexity index is 1230. The molecule has 9 nitrogen and oxygen atoms in total. The van der Waals surface area contributed by atoms with Gasteiger partial charge in [0.15, 0.2) is 6.34 Å². The summed E-state index contributed by atoms with van der Waals surface area (Å²) in [5.74, 6) is 0.460. The lowest BCUT2D eigenvalue weighted by atomic mass is 10.2. The fourth-order valence-electron chi connectivity index (χ4n) is 2.96. The molecule has 3 aromatic carbocycles. The number of benzene rings is 3. The van der Waals surface area contributed by atoms with Crippen molar-refractivity contribution in [2.45, 2.75) is 6.54 Å². The Kier molecular flexibility index (Phi) is 5.52. The monoisotopic (exact) mass is 399 g/mol. The van der Waals surface area contributed by atoms with Crippen molar-refractivity contribution in [2.75, 3.05) is 5.43 Å². The highest BCUT2D eigenvalue weighted by molar-refractivity contribution is 5.78. The van der Waals surface area contributed by atoms with Crippen molar-refractivity contribution < 1.29 is 4.92 Å². The van der Waals surface area contributed by atoms with Gasteiger partial charge in [-0.1, -0.05) is 48.5 Å². The number of fused-ring (bicyclic) bond motifs is 1. The third kappa shape index (κ3) is 4.36. The molecule has 0 atom stereocenters. The van der Waals surface area contributed by atoms with Gasteiger partial charge in [-0.3, -0.25) is 15.5 Å². The topological polar surface area (TPSA) is 110 Å². The van der Waals surface area contributed by atoms with Crippen molar-refractivity contribution in [1.82, 2.24) is 9.55 Å². The van der Waals surface area contributed by atoms with Gasteiger partial charge in [0.1, 0.15) is 0 Å². The lowest BCUT2D eigenvalue weighted by Gasteiger charge is -2.06. The summed E-state index contributed by atoms with van der Waals surface area (Å²) >= 11 is 0. The second kappa shape index (κ2) is 8.74. The van der Waals surface area contributed by atoms with E-state index in [1.807, 2.05) is 59.2 Å². The van der Waals surface area contributed by atoms with Crippen molar-refractivity contribution in [1.29, 1.82) is 0 Å². The van der Waals surface area contributed by atoms with Crippen LogP contribution in [0.5, 0.6) is 0 Å². The number of imidazole rings is 1. The highest BCUT2D eigenvalue weighted by atomic mass is 16.6. The predicted octanol–water partition coefficient (Wildman–Crippen LogP) is 5.13. The Labute approximate surface area is 171 Å². The molecule has 30 heavy (non-hydrogen) atoms. The average Bonchev–Trinajstić information content (AvgIpc) is 3.12. The van der Waals surface area contributed by atoms with Crippen LogP contribution in [-0.4, -0.2) is 20.8 Å². The number of azo groups is 1.